The van der Waals surface area contributed by atoms with Crippen LogP contribution in [-0.4, -0.2) is 9.78 Å². The zero-order valence-electron chi connectivity index (χ0n) is 6.41. The van der Waals surface area contributed by atoms with E-state index in [-0.39, 0.29) is 5.69 Å². The van der Waals surface area contributed by atoms with Crippen molar-refractivity contribution in [2.45, 2.75) is 13.1 Å². The molecule has 1 aromatic rings. The van der Waals surface area contributed by atoms with Crippen molar-refractivity contribution in [2.24, 2.45) is 7.05 Å². The smallest absolute Gasteiger partial charge is 0.261 e. The van der Waals surface area contributed by atoms with Crippen LogP contribution in [0.2, 0.25) is 0 Å². The molecule has 0 aliphatic heterocycles. The van der Waals surface area contributed by atoms with Crippen molar-refractivity contribution in [2.75, 3.05) is 0 Å². The van der Waals surface area contributed by atoms with Crippen LogP contribution in [0.15, 0.2) is 0 Å². The molecule has 0 amide bonds. The second-order valence-corrected chi connectivity index (χ2v) is 2.37. The molecule has 0 unspecified atom stereocenters. The van der Waals surface area contributed by atoms with Crippen LogP contribution in [0.25, 0.3) is 0 Å². The van der Waals surface area contributed by atoms with Crippen LogP contribution >= 0.6 is 0 Å². The maximum Gasteiger partial charge on any atom is 0.435 e. The Labute approximate surface area is 65.8 Å². The number of hydrogen-bond acceptors (Lipinski definition) is 1. The highest BCUT2D eigenvalue weighted by atomic mass is 19.4. The predicted octanol–water partition coefficient (Wildman–Crippen LogP) is 1.89. The molecule has 1 aromatic heterocycles. The number of rotatable bonds is 0. The van der Waals surface area contributed by atoms with Crippen molar-refractivity contribution in [3.8, 4) is 0 Å². The lowest BCUT2D eigenvalue weighted by Crippen LogP contribution is -2.13. The fourth-order valence-electron chi connectivity index (χ4n) is 0.940. The van der Waals surface area contributed by atoms with Crippen LogP contribution in [0, 0.1) is 12.7 Å². The Hall–Kier alpha value is -1.07. The summed E-state index contributed by atoms with van der Waals surface area (Å²) in [6, 6.07) is 0. The number of aryl methyl sites for hydroxylation is 2. The van der Waals surface area contributed by atoms with Gasteiger partial charge in [0.15, 0.2) is 11.5 Å². The summed E-state index contributed by atoms with van der Waals surface area (Å²) in [5, 5.41) is 3.30. The molecule has 0 aliphatic carbocycles. The van der Waals surface area contributed by atoms with Crippen LogP contribution in [-0.2, 0) is 13.2 Å². The van der Waals surface area contributed by atoms with Gasteiger partial charge in [-0.05, 0) is 6.92 Å². The Morgan fingerprint density at radius 3 is 2.00 bits per heavy atom. The largest absolute Gasteiger partial charge is 0.435 e. The molecule has 0 spiro atoms. The van der Waals surface area contributed by atoms with E-state index < -0.39 is 17.7 Å². The van der Waals surface area contributed by atoms with E-state index in [1.807, 2.05) is 0 Å². The zero-order valence-corrected chi connectivity index (χ0v) is 6.41. The van der Waals surface area contributed by atoms with E-state index in [4.69, 9.17) is 0 Å². The molecule has 0 aliphatic rings. The van der Waals surface area contributed by atoms with E-state index in [1.54, 1.807) is 0 Å². The molecule has 0 bridgehead atoms. The Kier molecular flexibility index (Phi) is 1.85. The molecule has 0 saturated heterocycles. The topological polar surface area (TPSA) is 17.8 Å². The molecule has 0 aromatic carbocycles. The number of nitrogens with zero attached hydrogens (tertiary/aromatic N) is 2. The van der Waals surface area contributed by atoms with Gasteiger partial charge in [-0.15, -0.1) is 0 Å². The van der Waals surface area contributed by atoms with Crippen molar-refractivity contribution in [1.29, 1.82) is 0 Å². The molecule has 1 heterocycles. The average Bonchev–Trinajstić information content (AvgIpc) is 2.05. The van der Waals surface area contributed by atoms with Crippen LogP contribution < -0.4 is 0 Å². The fraction of sp³-hybridized carbons (Fsp3) is 0.500. The number of halogens is 4. The molecule has 0 radical (unpaired) electrons. The lowest BCUT2D eigenvalue weighted by atomic mass is 10.3. The molecular weight excluding hydrogens is 176 g/mol. The van der Waals surface area contributed by atoms with Gasteiger partial charge in [0.1, 0.15) is 0 Å². The van der Waals surface area contributed by atoms with Crippen molar-refractivity contribution >= 4 is 0 Å². The van der Waals surface area contributed by atoms with E-state index in [9.17, 15) is 17.6 Å². The summed E-state index contributed by atoms with van der Waals surface area (Å²) in [5.74, 6) is -1.30. The average molecular weight is 182 g/mol. The molecule has 0 fully saturated rings. The van der Waals surface area contributed by atoms with Gasteiger partial charge in [0.05, 0.1) is 5.69 Å². The van der Waals surface area contributed by atoms with Crippen molar-refractivity contribution in [1.82, 2.24) is 9.78 Å². The van der Waals surface area contributed by atoms with E-state index in [0.717, 1.165) is 7.05 Å². The Morgan fingerprint density at radius 1 is 1.33 bits per heavy atom. The van der Waals surface area contributed by atoms with Crippen molar-refractivity contribution in [3.63, 3.8) is 0 Å². The van der Waals surface area contributed by atoms with Crippen LogP contribution in [0.4, 0.5) is 17.6 Å². The van der Waals surface area contributed by atoms with Crippen LogP contribution in [0.5, 0.6) is 0 Å². The second-order valence-electron chi connectivity index (χ2n) is 2.37. The lowest BCUT2D eigenvalue weighted by Gasteiger charge is -2.05. The third-order valence-corrected chi connectivity index (χ3v) is 1.42. The number of aromatic nitrogens is 2. The van der Waals surface area contributed by atoms with E-state index in [2.05, 4.69) is 5.10 Å². The minimum atomic E-state index is -4.68. The number of alkyl halides is 3. The first kappa shape index (κ1) is 9.02. The molecular formula is C6H6F4N2. The molecule has 0 saturated carbocycles. The summed E-state index contributed by atoms with van der Waals surface area (Å²) in [4.78, 5) is 0. The third-order valence-electron chi connectivity index (χ3n) is 1.42. The van der Waals surface area contributed by atoms with E-state index >= 15 is 0 Å². The van der Waals surface area contributed by atoms with E-state index in [1.165, 1.54) is 6.92 Å². The first-order valence-electron chi connectivity index (χ1n) is 3.10. The monoisotopic (exact) mass is 182 g/mol. The minimum absolute atomic E-state index is 0.246. The summed E-state index contributed by atoms with van der Waals surface area (Å²) >= 11 is 0. The highest BCUT2D eigenvalue weighted by Crippen LogP contribution is 2.31. The maximum absolute atomic E-state index is 12.7. The summed E-state index contributed by atoms with van der Waals surface area (Å²) < 4.78 is 49.3. The molecule has 0 N–H and O–H groups in total. The van der Waals surface area contributed by atoms with Gasteiger partial charge in [-0.1, -0.05) is 0 Å². The van der Waals surface area contributed by atoms with E-state index in [0.29, 0.717) is 4.68 Å². The fourth-order valence-corrected chi connectivity index (χ4v) is 0.940. The van der Waals surface area contributed by atoms with Gasteiger partial charge in [0.2, 0.25) is 0 Å². The quantitative estimate of drug-likeness (QED) is 0.560. The van der Waals surface area contributed by atoms with Gasteiger partial charge in [-0.25, -0.2) is 4.39 Å². The standard InChI is InChI=1S/C6H6F4N2/c1-3-4(7)5(6(8,9)10)12(2)11-3/h1-2H3. The van der Waals surface area contributed by atoms with Crippen LogP contribution in [0.3, 0.4) is 0 Å². The molecule has 0 atom stereocenters. The molecule has 12 heavy (non-hydrogen) atoms. The molecule has 2 nitrogen and oxygen atoms in total. The first-order valence-corrected chi connectivity index (χ1v) is 3.10. The SMILES string of the molecule is Cc1nn(C)c(C(F)(F)F)c1F. The molecule has 68 valence electrons. The van der Waals surface area contributed by atoms with Crippen LogP contribution in [0.1, 0.15) is 11.4 Å². The number of hydrogen-bond donors (Lipinski definition) is 0. The predicted molar refractivity (Wildman–Crippen MR) is 32.9 cm³/mol. The summed E-state index contributed by atoms with van der Waals surface area (Å²) in [6.07, 6.45) is -4.68. The van der Waals surface area contributed by atoms with Crippen molar-refractivity contribution < 1.29 is 17.6 Å². The second kappa shape index (κ2) is 2.46. The molecule has 1 rings (SSSR count). The minimum Gasteiger partial charge on any atom is -0.261 e. The van der Waals surface area contributed by atoms with Gasteiger partial charge in [0.25, 0.3) is 0 Å². The Morgan fingerprint density at radius 2 is 1.83 bits per heavy atom. The third kappa shape index (κ3) is 1.28. The lowest BCUT2D eigenvalue weighted by molar-refractivity contribution is -0.146. The normalized spacial score (nSPS) is 12.2. The zero-order chi connectivity index (χ0) is 9.52. The summed E-state index contributed by atoms with van der Waals surface area (Å²) in [5.41, 5.74) is -1.58. The van der Waals surface area contributed by atoms with Gasteiger partial charge in [-0.2, -0.15) is 18.3 Å². The highest BCUT2D eigenvalue weighted by molar-refractivity contribution is 5.15. The molecule has 6 heteroatoms. The van der Waals surface area contributed by atoms with Gasteiger partial charge >= 0.3 is 6.18 Å². The maximum atomic E-state index is 12.7. The first-order chi connectivity index (χ1) is 5.34. The van der Waals surface area contributed by atoms with Gasteiger partial charge < -0.3 is 0 Å². The summed E-state index contributed by atoms with van der Waals surface area (Å²) in [6.45, 7) is 1.19. The Bertz CT molecular complexity index is 299. The van der Waals surface area contributed by atoms with Crippen molar-refractivity contribution in [3.05, 3.63) is 17.2 Å². The van der Waals surface area contributed by atoms with Gasteiger partial charge in [-0.3, -0.25) is 4.68 Å². The Balaban J connectivity index is 3.32. The van der Waals surface area contributed by atoms with Gasteiger partial charge in [0, 0.05) is 7.05 Å². The summed E-state index contributed by atoms with van der Waals surface area (Å²) in [7, 11) is 1.05. The highest BCUT2D eigenvalue weighted by Gasteiger charge is 2.39.